The molecule has 0 atom stereocenters. The van der Waals surface area contributed by atoms with Gasteiger partial charge in [0.05, 0.1) is 11.4 Å². The maximum Gasteiger partial charge on any atom is 0.325 e. The summed E-state index contributed by atoms with van der Waals surface area (Å²) in [6.07, 6.45) is 0. The molecule has 0 unspecified atom stereocenters. The minimum absolute atomic E-state index is 0.0643. The number of nitrogens with zero attached hydrogens (tertiary/aromatic N) is 2. The van der Waals surface area contributed by atoms with E-state index in [-0.39, 0.29) is 17.4 Å². The Morgan fingerprint density at radius 2 is 2.00 bits per heavy atom. The number of rotatable bonds is 6. The molecule has 0 spiro atoms. The summed E-state index contributed by atoms with van der Waals surface area (Å²) < 4.78 is 28.0. The molecule has 8 heteroatoms. The van der Waals surface area contributed by atoms with Gasteiger partial charge in [-0.15, -0.1) is 0 Å². The monoisotopic (exact) mass is 289 g/mol. The Morgan fingerprint density at radius 3 is 2.47 bits per heavy atom. The maximum atomic E-state index is 12.2. The van der Waals surface area contributed by atoms with Crippen LogP contribution in [0.5, 0.6) is 0 Å². The van der Waals surface area contributed by atoms with Gasteiger partial charge in [-0.3, -0.25) is 9.48 Å². The van der Waals surface area contributed by atoms with E-state index in [1.807, 2.05) is 13.8 Å². The van der Waals surface area contributed by atoms with E-state index in [1.54, 1.807) is 13.8 Å². The predicted molar refractivity (Wildman–Crippen MR) is 69.4 cm³/mol. The van der Waals surface area contributed by atoms with E-state index in [4.69, 9.17) is 5.11 Å². The lowest BCUT2D eigenvalue weighted by atomic mass is 10.2. The number of sulfonamides is 1. The highest BCUT2D eigenvalue weighted by atomic mass is 32.2. The van der Waals surface area contributed by atoms with E-state index in [1.165, 1.54) is 4.68 Å². The van der Waals surface area contributed by atoms with E-state index in [0.29, 0.717) is 17.9 Å². The molecular formula is C11H19N3O4S. The fourth-order valence-electron chi connectivity index (χ4n) is 1.70. The molecule has 0 amide bonds. The van der Waals surface area contributed by atoms with Crippen LogP contribution in [-0.4, -0.2) is 35.8 Å². The second-order valence-corrected chi connectivity index (χ2v) is 6.50. The molecule has 19 heavy (non-hydrogen) atoms. The topological polar surface area (TPSA) is 101 Å². The number of aromatic nitrogens is 2. The van der Waals surface area contributed by atoms with Crippen LogP contribution >= 0.6 is 0 Å². The molecule has 0 aromatic carbocycles. The number of aliphatic carboxylic acids is 1. The third-order valence-corrected chi connectivity index (χ3v) is 4.23. The first-order valence-electron chi connectivity index (χ1n) is 5.90. The van der Waals surface area contributed by atoms with Crippen molar-refractivity contribution in [1.29, 1.82) is 0 Å². The average molecular weight is 289 g/mol. The van der Waals surface area contributed by atoms with Gasteiger partial charge >= 0.3 is 5.97 Å². The first-order valence-corrected chi connectivity index (χ1v) is 7.39. The zero-order valence-electron chi connectivity index (χ0n) is 11.5. The third-order valence-electron chi connectivity index (χ3n) is 2.55. The van der Waals surface area contributed by atoms with Crippen molar-refractivity contribution >= 4 is 16.0 Å². The van der Waals surface area contributed by atoms with Crippen LogP contribution in [0.1, 0.15) is 25.2 Å². The van der Waals surface area contributed by atoms with E-state index < -0.39 is 16.0 Å². The third kappa shape index (κ3) is 3.77. The van der Waals surface area contributed by atoms with E-state index in [9.17, 15) is 13.2 Å². The Hall–Kier alpha value is -1.41. The molecule has 0 fully saturated rings. The molecule has 1 aromatic rings. The SMILES string of the molecule is Cc1nn(CC(=O)O)c(C)c1S(=O)(=O)NCC(C)C. The lowest BCUT2D eigenvalue weighted by Gasteiger charge is -2.09. The molecule has 7 nitrogen and oxygen atoms in total. The normalized spacial score (nSPS) is 12.1. The van der Waals surface area contributed by atoms with Crippen LogP contribution < -0.4 is 4.72 Å². The minimum Gasteiger partial charge on any atom is -0.480 e. The summed E-state index contributed by atoms with van der Waals surface area (Å²) in [6, 6.07) is 0. The molecule has 0 saturated heterocycles. The van der Waals surface area contributed by atoms with E-state index >= 15 is 0 Å². The van der Waals surface area contributed by atoms with E-state index in [2.05, 4.69) is 9.82 Å². The van der Waals surface area contributed by atoms with Gasteiger partial charge < -0.3 is 5.11 Å². The molecule has 1 heterocycles. The number of nitrogens with one attached hydrogen (secondary N) is 1. The lowest BCUT2D eigenvalue weighted by molar-refractivity contribution is -0.137. The molecule has 0 aliphatic heterocycles. The summed E-state index contributed by atoms with van der Waals surface area (Å²) >= 11 is 0. The zero-order valence-corrected chi connectivity index (χ0v) is 12.3. The number of carbonyl (C=O) groups is 1. The summed E-state index contributed by atoms with van der Waals surface area (Å²) in [6.45, 7) is 6.87. The number of hydrogen-bond acceptors (Lipinski definition) is 4. The van der Waals surface area contributed by atoms with E-state index in [0.717, 1.165) is 0 Å². The van der Waals surface area contributed by atoms with Crippen LogP contribution in [0, 0.1) is 19.8 Å². The van der Waals surface area contributed by atoms with Gasteiger partial charge in [0.2, 0.25) is 10.0 Å². The van der Waals surface area contributed by atoms with Crippen molar-refractivity contribution < 1.29 is 18.3 Å². The van der Waals surface area contributed by atoms with Gasteiger partial charge in [-0.25, -0.2) is 13.1 Å². The standard InChI is InChI=1S/C11H19N3O4S/c1-7(2)5-12-19(17,18)11-8(3)13-14(9(11)4)6-10(15)16/h7,12H,5-6H2,1-4H3,(H,15,16). The predicted octanol–water partition coefficient (Wildman–Crippen LogP) is 0.519. The molecule has 0 saturated carbocycles. The van der Waals surface area contributed by atoms with Crippen molar-refractivity contribution in [3.05, 3.63) is 11.4 Å². The Balaban J connectivity index is 3.13. The Labute approximate surface area is 112 Å². The summed E-state index contributed by atoms with van der Waals surface area (Å²) in [4.78, 5) is 10.7. The zero-order chi connectivity index (χ0) is 14.8. The van der Waals surface area contributed by atoms with Gasteiger partial charge in [-0.05, 0) is 19.8 Å². The largest absolute Gasteiger partial charge is 0.480 e. The summed E-state index contributed by atoms with van der Waals surface area (Å²) in [5, 5.41) is 12.7. The van der Waals surface area contributed by atoms with Crippen LogP contribution in [-0.2, 0) is 21.4 Å². The molecular weight excluding hydrogens is 270 g/mol. The van der Waals surface area contributed by atoms with Crippen LogP contribution in [0.3, 0.4) is 0 Å². The van der Waals surface area contributed by atoms with Crippen molar-refractivity contribution in [2.45, 2.75) is 39.1 Å². The molecule has 2 N–H and O–H groups in total. The smallest absolute Gasteiger partial charge is 0.325 e. The molecule has 1 rings (SSSR count). The quantitative estimate of drug-likeness (QED) is 0.795. The fraction of sp³-hybridized carbons (Fsp3) is 0.636. The van der Waals surface area contributed by atoms with Crippen molar-refractivity contribution in [2.24, 2.45) is 5.92 Å². The van der Waals surface area contributed by atoms with Crippen molar-refractivity contribution in [3.63, 3.8) is 0 Å². The molecule has 1 aromatic heterocycles. The first-order chi connectivity index (χ1) is 8.65. The lowest BCUT2D eigenvalue weighted by Crippen LogP contribution is -2.28. The summed E-state index contributed by atoms with van der Waals surface area (Å²) in [7, 11) is -3.66. The van der Waals surface area contributed by atoms with Crippen LogP contribution in [0.2, 0.25) is 0 Å². The van der Waals surface area contributed by atoms with Crippen LogP contribution in [0.15, 0.2) is 4.90 Å². The highest BCUT2D eigenvalue weighted by Gasteiger charge is 2.25. The summed E-state index contributed by atoms with van der Waals surface area (Å²) in [5.74, 6) is -0.880. The van der Waals surface area contributed by atoms with Gasteiger partial charge in [0.25, 0.3) is 0 Å². The number of carboxylic acids is 1. The van der Waals surface area contributed by atoms with Crippen molar-refractivity contribution in [2.75, 3.05) is 6.54 Å². The maximum absolute atomic E-state index is 12.2. The van der Waals surface area contributed by atoms with Gasteiger partial charge in [0.1, 0.15) is 11.4 Å². The molecule has 0 radical (unpaired) electrons. The van der Waals surface area contributed by atoms with Gasteiger partial charge in [0, 0.05) is 6.54 Å². The average Bonchev–Trinajstić information content (AvgIpc) is 2.51. The highest BCUT2D eigenvalue weighted by molar-refractivity contribution is 7.89. The molecule has 0 aliphatic rings. The van der Waals surface area contributed by atoms with Crippen LogP contribution in [0.4, 0.5) is 0 Å². The number of hydrogen-bond donors (Lipinski definition) is 2. The number of carboxylic acid groups (broad SMARTS) is 1. The second kappa shape index (κ2) is 5.70. The van der Waals surface area contributed by atoms with Crippen molar-refractivity contribution in [3.8, 4) is 0 Å². The van der Waals surface area contributed by atoms with Gasteiger partial charge in [-0.2, -0.15) is 5.10 Å². The number of aryl methyl sites for hydroxylation is 1. The Morgan fingerprint density at radius 1 is 1.42 bits per heavy atom. The Bertz CT molecular complexity index is 575. The molecule has 0 aliphatic carbocycles. The first kappa shape index (κ1) is 15.6. The minimum atomic E-state index is -3.66. The summed E-state index contributed by atoms with van der Waals surface area (Å²) in [5.41, 5.74) is 0.631. The second-order valence-electron chi connectivity index (χ2n) is 4.80. The highest BCUT2D eigenvalue weighted by Crippen LogP contribution is 2.19. The van der Waals surface area contributed by atoms with Gasteiger partial charge in [-0.1, -0.05) is 13.8 Å². The Kier molecular flexibility index (Phi) is 4.70. The molecule has 0 bridgehead atoms. The van der Waals surface area contributed by atoms with Gasteiger partial charge in [0.15, 0.2) is 0 Å². The van der Waals surface area contributed by atoms with Crippen molar-refractivity contribution in [1.82, 2.24) is 14.5 Å². The fourth-order valence-corrected chi connectivity index (χ4v) is 3.32. The molecule has 108 valence electrons. The van der Waals surface area contributed by atoms with Crippen LogP contribution in [0.25, 0.3) is 0 Å².